The predicted octanol–water partition coefficient (Wildman–Crippen LogP) is 3.67. The summed E-state index contributed by atoms with van der Waals surface area (Å²) < 4.78 is 2.23. The lowest BCUT2D eigenvalue weighted by Crippen LogP contribution is -2.38. The fourth-order valence-corrected chi connectivity index (χ4v) is 3.94. The second kappa shape index (κ2) is 8.83. The molecule has 5 nitrogen and oxygen atoms in total. The maximum absolute atomic E-state index is 12.6. The summed E-state index contributed by atoms with van der Waals surface area (Å²) in [7, 11) is 0. The fraction of sp³-hybridized carbons (Fsp3) is 0.348. The van der Waals surface area contributed by atoms with Crippen molar-refractivity contribution >= 4 is 5.91 Å². The highest BCUT2D eigenvalue weighted by Crippen LogP contribution is 2.27. The second-order valence-corrected chi connectivity index (χ2v) is 7.41. The molecule has 1 aromatic carbocycles. The number of imidazole rings is 1. The lowest BCUT2D eigenvalue weighted by molar-refractivity contribution is -0.132. The minimum absolute atomic E-state index is 0.266. The third-order valence-corrected chi connectivity index (χ3v) is 5.53. The number of pyridine rings is 1. The molecule has 2 aromatic heterocycles. The monoisotopic (exact) mass is 374 g/mol. The normalized spacial score (nSPS) is 14.9. The molecule has 0 radical (unpaired) electrons. The van der Waals surface area contributed by atoms with E-state index in [4.69, 9.17) is 0 Å². The van der Waals surface area contributed by atoms with Crippen LogP contribution in [0, 0.1) is 0 Å². The van der Waals surface area contributed by atoms with E-state index in [0.717, 1.165) is 44.7 Å². The molecule has 4 rings (SSSR count). The van der Waals surface area contributed by atoms with Crippen molar-refractivity contribution in [2.24, 2.45) is 0 Å². The highest BCUT2D eigenvalue weighted by molar-refractivity contribution is 5.76. The summed E-state index contributed by atoms with van der Waals surface area (Å²) in [6.07, 6.45) is 10.9. The maximum atomic E-state index is 12.6. The first-order valence-electron chi connectivity index (χ1n) is 10.0. The van der Waals surface area contributed by atoms with Crippen molar-refractivity contribution in [1.82, 2.24) is 19.4 Å². The summed E-state index contributed by atoms with van der Waals surface area (Å²) in [5.41, 5.74) is 2.45. The first kappa shape index (κ1) is 18.4. The van der Waals surface area contributed by atoms with E-state index in [0.29, 0.717) is 12.3 Å². The number of carbonyl (C=O) groups excluding carboxylic acids is 1. The molecule has 3 heterocycles. The van der Waals surface area contributed by atoms with Gasteiger partial charge in [-0.1, -0.05) is 30.3 Å². The van der Waals surface area contributed by atoms with Gasteiger partial charge in [-0.3, -0.25) is 9.78 Å². The van der Waals surface area contributed by atoms with Gasteiger partial charge in [0.05, 0.1) is 0 Å². The first-order valence-corrected chi connectivity index (χ1v) is 10.0. The molecule has 0 aliphatic carbocycles. The molecule has 3 aromatic rings. The molecule has 1 saturated heterocycles. The van der Waals surface area contributed by atoms with Gasteiger partial charge in [0.25, 0.3) is 0 Å². The summed E-state index contributed by atoms with van der Waals surface area (Å²) >= 11 is 0. The maximum Gasteiger partial charge on any atom is 0.222 e. The van der Waals surface area contributed by atoms with Crippen LogP contribution in [-0.4, -0.2) is 38.4 Å². The zero-order chi connectivity index (χ0) is 19.2. The SMILES string of the molecule is O=C(CCc1ccccc1)N1CCC(c2nccn2Cc2ccncc2)CC1. The molecule has 0 atom stereocenters. The second-order valence-electron chi connectivity index (χ2n) is 7.41. The van der Waals surface area contributed by atoms with Crippen molar-refractivity contribution in [3.05, 3.63) is 84.2 Å². The largest absolute Gasteiger partial charge is 0.343 e. The smallest absolute Gasteiger partial charge is 0.222 e. The molecular formula is C23H26N4O. The van der Waals surface area contributed by atoms with Crippen LogP contribution in [0.15, 0.2) is 67.3 Å². The number of benzene rings is 1. The molecular weight excluding hydrogens is 348 g/mol. The van der Waals surface area contributed by atoms with Gasteiger partial charge in [-0.15, -0.1) is 0 Å². The summed E-state index contributed by atoms with van der Waals surface area (Å²) in [5, 5.41) is 0. The molecule has 5 heteroatoms. The van der Waals surface area contributed by atoms with E-state index in [2.05, 4.69) is 26.7 Å². The van der Waals surface area contributed by atoms with E-state index in [1.807, 2.05) is 60.0 Å². The van der Waals surface area contributed by atoms with Crippen LogP contribution in [0.1, 0.15) is 42.1 Å². The van der Waals surface area contributed by atoms with Gasteiger partial charge in [0.1, 0.15) is 5.82 Å². The Balaban J connectivity index is 1.31. The number of aryl methyl sites for hydroxylation is 1. The molecule has 1 aliphatic rings. The minimum atomic E-state index is 0.266. The first-order chi connectivity index (χ1) is 13.8. The third kappa shape index (κ3) is 4.47. The van der Waals surface area contributed by atoms with Crippen molar-refractivity contribution in [3.8, 4) is 0 Å². The van der Waals surface area contributed by atoms with E-state index >= 15 is 0 Å². The molecule has 1 aliphatic heterocycles. The van der Waals surface area contributed by atoms with Crippen molar-refractivity contribution in [2.45, 2.75) is 38.1 Å². The van der Waals surface area contributed by atoms with E-state index in [-0.39, 0.29) is 5.91 Å². The number of likely N-dealkylation sites (tertiary alicyclic amines) is 1. The Labute approximate surface area is 166 Å². The van der Waals surface area contributed by atoms with Gasteiger partial charge in [-0.05, 0) is 42.5 Å². The summed E-state index contributed by atoms with van der Waals surface area (Å²) in [5.74, 6) is 1.81. The van der Waals surface area contributed by atoms with E-state index in [1.54, 1.807) is 0 Å². The van der Waals surface area contributed by atoms with Gasteiger partial charge in [0, 0.05) is 56.8 Å². The zero-order valence-corrected chi connectivity index (χ0v) is 16.1. The van der Waals surface area contributed by atoms with Crippen LogP contribution in [0.5, 0.6) is 0 Å². The molecule has 0 saturated carbocycles. The molecule has 144 valence electrons. The molecule has 0 spiro atoms. The molecule has 1 fully saturated rings. The van der Waals surface area contributed by atoms with Gasteiger partial charge < -0.3 is 9.47 Å². The van der Waals surface area contributed by atoms with Gasteiger partial charge in [-0.2, -0.15) is 0 Å². The number of aromatic nitrogens is 3. The van der Waals surface area contributed by atoms with Crippen LogP contribution in [0.2, 0.25) is 0 Å². The highest BCUT2D eigenvalue weighted by Gasteiger charge is 2.26. The van der Waals surface area contributed by atoms with E-state index < -0.39 is 0 Å². The van der Waals surface area contributed by atoms with Crippen molar-refractivity contribution in [2.75, 3.05) is 13.1 Å². The number of rotatable bonds is 6. The quantitative estimate of drug-likeness (QED) is 0.662. The Morgan fingerprint density at radius 1 is 0.964 bits per heavy atom. The number of hydrogen-bond acceptors (Lipinski definition) is 3. The summed E-state index contributed by atoms with van der Waals surface area (Å²) in [6, 6.07) is 14.3. The topological polar surface area (TPSA) is 51.0 Å². The van der Waals surface area contributed by atoms with E-state index in [1.165, 1.54) is 11.1 Å². The van der Waals surface area contributed by atoms with Gasteiger partial charge in [0.2, 0.25) is 5.91 Å². The minimum Gasteiger partial charge on any atom is -0.343 e. The number of hydrogen-bond donors (Lipinski definition) is 0. The van der Waals surface area contributed by atoms with Gasteiger partial charge in [0.15, 0.2) is 0 Å². The predicted molar refractivity (Wildman–Crippen MR) is 109 cm³/mol. The van der Waals surface area contributed by atoms with Crippen LogP contribution in [0.25, 0.3) is 0 Å². The number of nitrogens with zero attached hydrogens (tertiary/aromatic N) is 4. The third-order valence-electron chi connectivity index (χ3n) is 5.53. The van der Waals surface area contributed by atoms with Crippen LogP contribution < -0.4 is 0 Å². The average molecular weight is 374 g/mol. The van der Waals surface area contributed by atoms with Crippen LogP contribution in [0.4, 0.5) is 0 Å². The fourth-order valence-electron chi connectivity index (χ4n) is 3.94. The number of carbonyl (C=O) groups is 1. The lowest BCUT2D eigenvalue weighted by atomic mass is 9.95. The average Bonchev–Trinajstić information content (AvgIpc) is 3.21. The molecule has 0 bridgehead atoms. The Morgan fingerprint density at radius 3 is 2.46 bits per heavy atom. The Morgan fingerprint density at radius 2 is 1.71 bits per heavy atom. The van der Waals surface area contributed by atoms with Crippen LogP contribution >= 0.6 is 0 Å². The number of piperidine rings is 1. The van der Waals surface area contributed by atoms with Crippen molar-refractivity contribution < 1.29 is 4.79 Å². The lowest BCUT2D eigenvalue weighted by Gasteiger charge is -2.32. The Bertz CT molecular complexity index is 883. The van der Waals surface area contributed by atoms with Crippen LogP contribution in [-0.2, 0) is 17.8 Å². The zero-order valence-electron chi connectivity index (χ0n) is 16.1. The molecule has 0 N–H and O–H groups in total. The Kier molecular flexibility index (Phi) is 5.80. The standard InChI is InChI=1S/C23H26N4O/c28-22(7-6-19-4-2-1-3-5-19)26-15-10-21(11-16-26)23-25-14-17-27(23)18-20-8-12-24-13-9-20/h1-5,8-9,12-14,17,21H,6-7,10-11,15-16,18H2. The van der Waals surface area contributed by atoms with E-state index in [9.17, 15) is 4.79 Å². The molecule has 28 heavy (non-hydrogen) atoms. The summed E-state index contributed by atoms with van der Waals surface area (Å²) in [6.45, 7) is 2.45. The van der Waals surface area contributed by atoms with Crippen molar-refractivity contribution in [1.29, 1.82) is 0 Å². The van der Waals surface area contributed by atoms with Gasteiger partial charge >= 0.3 is 0 Å². The summed E-state index contributed by atoms with van der Waals surface area (Å²) in [4.78, 5) is 23.3. The highest BCUT2D eigenvalue weighted by atomic mass is 16.2. The van der Waals surface area contributed by atoms with Crippen molar-refractivity contribution in [3.63, 3.8) is 0 Å². The molecule has 1 amide bonds. The number of amides is 1. The Hall–Kier alpha value is -2.95. The van der Waals surface area contributed by atoms with Gasteiger partial charge in [-0.25, -0.2) is 4.98 Å². The molecule has 0 unspecified atom stereocenters. The van der Waals surface area contributed by atoms with Crippen LogP contribution in [0.3, 0.4) is 0 Å².